The summed E-state index contributed by atoms with van der Waals surface area (Å²) in [5, 5.41) is 11.2. The molecule has 0 saturated heterocycles. The topological polar surface area (TPSA) is 46.8 Å². The van der Waals surface area contributed by atoms with Crippen LogP contribution in [0, 0.1) is 13.8 Å². The highest BCUT2D eigenvalue weighted by Gasteiger charge is 2.08. The van der Waals surface area contributed by atoms with Crippen molar-refractivity contribution in [2.75, 3.05) is 0 Å². The highest BCUT2D eigenvalue weighted by molar-refractivity contribution is 7.15. The van der Waals surface area contributed by atoms with Crippen LogP contribution in [0.4, 0.5) is 0 Å². The number of benzene rings is 1. The first-order valence-electron chi connectivity index (χ1n) is 6.42. The Morgan fingerprint density at radius 2 is 2.05 bits per heavy atom. The zero-order chi connectivity index (χ0) is 14.1. The van der Waals surface area contributed by atoms with Crippen molar-refractivity contribution in [2.24, 2.45) is 0 Å². The molecular weight excluding hydrogens is 272 g/mol. The van der Waals surface area contributed by atoms with E-state index >= 15 is 0 Å². The molecule has 0 aliphatic heterocycles. The quantitative estimate of drug-likeness (QED) is 0.802. The van der Waals surface area contributed by atoms with Gasteiger partial charge >= 0.3 is 0 Å². The summed E-state index contributed by atoms with van der Waals surface area (Å²) in [6.07, 6.45) is 3.97. The second-order valence-corrected chi connectivity index (χ2v) is 5.70. The molecule has 0 bridgehead atoms. The Morgan fingerprint density at radius 3 is 2.70 bits per heavy atom. The van der Waals surface area contributed by atoms with E-state index < -0.39 is 0 Å². The van der Waals surface area contributed by atoms with Crippen LogP contribution in [0.15, 0.2) is 29.9 Å². The normalized spacial score (nSPS) is 11.2. The molecular formula is C15H16N2O2S. The summed E-state index contributed by atoms with van der Waals surface area (Å²) in [4.78, 5) is 5.48. The third kappa shape index (κ3) is 2.42. The van der Waals surface area contributed by atoms with Crippen molar-refractivity contribution >= 4 is 16.3 Å². The molecule has 4 nitrogen and oxygen atoms in total. The average Bonchev–Trinajstić information content (AvgIpc) is 2.98. The van der Waals surface area contributed by atoms with Crippen molar-refractivity contribution < 1.29 is 9.84 Å². The SMILES string of the molecule is Cc1cc(CO)cc(C)c1OCc1cn2ccsc2n1. The number of hydrogen-bond donors (Lipinski definition) is 1. The summed E-state index contributed by atoms with van der Waals surface area (Å²) >= 11 is 1.61. The third-order valence-electron chi connectivity index (χ3n) is 3.21. The number of fused-ring (bicyclic) bond motifs is 1. The summed E-state index contributed by atoms with van der Waals surface area (Å²) in [6, 6.07) is 3.90. The fourth-order valence-electron chi connectivity index (χ4n) is 2.35. The molecule has 0 unspecified atom stereocenters. The molecule has 0 aliphatic rings. The van der Waals surface area contributed by atoms with Gasteiger partial charge in [0.05, 0.1) is 12.3 Å². The summed E-state index contributed by atoms with van der Waals surface area (Å²) in [5.74, 6) is 0.874. The third-order valence-corrected chi connectivity index (χ3v) is 3.98. The fraction of sp³-hybridized carbons (Fsp3) is 0.267. The van der Waals surface area contributed by atoms with Crippen molar-refractivity contribution in [3.63, 3.8) is 0 Å². The largest absolute Gasteiger partial charge is 0.487 e. The molecule has 0 saturated carbocycles. The number of rotatable bonds is 4. The molecule has 20 heavy (non-hydrogen) atoms. The second-order valence-electron chi connectivity index (χ2n) is 4.83. The van der Waals surface area contributed by atoms with E-state index in [9.17, 15) is 5.11 Å². The molecule has 0 spiro atoms. The van der Waals surface area contributed by atoms with Crippen molar-refractivity contribution in [3.8, 4) is 5.75 Å². The highest BCUT2D eigenvalue weighted by Crippen LogP contribution is 2.26. The molecule has 1 aromatic carbocycles. The minimum absolute atomic E-state index is 0.0548. The lowest BCUT2D eigenvalue weighted by molar-refractivity contribution is 0.279. The van der Waals surface area contributed by atoms with Gasteiger partial charge in [-0.2, -0.15) is 0 Å². The number of aliphatic hydroxyl groups is 1. The standard InChI is InChI=1S/C15H16N2O2S/c1-10-5-12(8-18)6-11(2)14(10)19-9-13-7-17-3-4-20-15(17)16-13/h3-7,18H,8-9H2,1-2H3. The first-order valence-corrected chi connectivity index (χ1v) is 7.30. The van der Waals surface area contributed by atoms with Gasteiger partial charge in [-0.15, -0.1) is 11.3 Å². The monoisotopic (exact) mass is 288 g/mol. The number of imidazole rings is 1. The Bertz CT molecular complexity index is 694. The van der Waals surface area contributed by atoms with Crippen molar-refractivity contribution in [1.29, 1.82) is 0 Å². The van der Waals surface area contributed by atoms with Gasteiger partial charge in [-0.3, -0.25) is 4.40 Å². The molecule has 5 heteroatoms. The summed E-state index contributed by atoms with van der Waals surface area (Å²) in [5.41, 5.74) is 3.90. The minimum atomic E-state index is 0.0548. The van der Waals surface area contributed by atoms with Crippen molar-refractivity contribution in [2.45, 2.75) is 27.1 Å². The summed E-state index contributed by atoms with van der Waals surface area (Å²) in [7, 11) is 0. The Balaban J connectivity index is 1.79. The highest BCUT2D eigenvalue weighted by atomic mass is 32.1. The van der Waals surface area contributed by atoms with Crippen LogP contribution in [0.2, 0.25) is 0 Å². The van der Waals surface area contributed by atoms with Gasteiger partial charge in [0.25, 0.3) is 0 Å². The Hall–Kier alpha value is -1.85. The number of nitrogens with zero attached hydrogens (tertiary/aromatic N) is 2. The van der Waals surface area contributed by atoms with Crippen molar-refractivity contribution in [1.82, 2.24) is 9.38 Å². The van der Waals surface area contributed by atoms with Gasteiger partial charge in [0.2, 0.25) is 0 Å². The first kappa shape index (κ1) is 13.1. The van der Waals surface area contributed by atoms with E-state index in [0.717, 1.165) is 33.1 Å². The molecule has 0 atom stereocenters. The van der Waals surface area contributed by atoms with Gasteiger partial charge in [0.1, 0.15) is 12.4 Å². The lowest BCUT2D eigenvalue weighted by Gasteiger charge is -2.12. The lowest BCUT2D eigenvalue weighted by Crippen LogP contribution is -2.00. The van der Waals surface area contributed by atoms with E-state index in [2.05, 4.69) is 4.98 Å². The molecule has 0 radical (unpaired) electrons. The first-order chi connectivity index (χ1) is 9.67. The van der Waals surface area contributed by atoms with E-state index in [0.29, 0.717) is 6.61 Å². The maximum atomic E-state index is 9.19. The molecule has 1 N–H and O–H groups in total. The summed E-state index contributed by atoms with van der Waals surface area (Å²) in [6.45, 7) is 4.49. The van der Waals surface area contributed by atoms with E-state index in [-0.39, 0.29) is 6.61 Å². The molecule has 2 heterocycles. The van der Waals surface area contributed by atoms with Gasteiger partial charge in [-0.25, -0.2) is 4.98 Å². The molecule has 3 rings (SSSR count). The molecule has 0 aliphatic carbocycles. The molecule has 104 valence electrons. The number of aliphatic hydroxyl groups excluding tert-OH is 1. The zero-order valence-corrected chi connectivity index (χ0v) is 12.3. The number of ether oxygens (including phenoxy) is 1. The molecule has 0 amide bonds. The molecule has 0 fully saturated rings. The second kappa shape index (κ2) is 5.26. The Labute approximate surface area is 121 Å². The maximum Gasteiger partial charge on any atom is 0.193 e. The molecule has 2 aromatic heterocycles. The summed E-state index contributed by atoms with van der Waals surface area (Å²) < 4.78 is 7.90. The van der Waals surface area contributed by atoms with Crippen LogP contribution >= 0.6 is 11.3 Å². The zero-order valence-electron chi connectivity index (χ0n) is 11.5. The lowest BCUT2D eigenvalue weighted by atomic mass is 10.1. The maximum absolute atomic E-state index is 9.19. The van der Waals surface area contributed by atoms with Gasteiger partial charge in [0, 0.05) is 17.8 Å². The number of aryl methyl sites for hydroxylation is 2. The van der Waals surface area contributed by atoms with Gasteiger partial charge < -0.3 is 9.84 Å². The van der Waals surface area contributed by atoms with Crippen LogP contribution in [-0.4, -0.2) is 14.5 Å². The van der Waals surface area contributed by atoms with E-state index in [4.69, 9.17) is 4.74 Å². The van der Waals surface area contributed by atoms with Crippen molar-refractivity contribution in [3.05, 3.63) is 52.3 Å². The van der Waals surface area contributed by atoms with Crippen LogP contribution in [0.5, 0.6) is 5.75 Å². The van der Waals surface area contributed by atoms with Gasteiger partial charge in [0.15, 0.2) is 4.96 Å². The van der Waals surface area contributed by atoms with Crippen LogP contribution in [0.3, 0.4) is 0 Å². The van der Waals surface area contributed by atoms with E-state index in [1.165, 1.54) is 0 Å². The van der Waals surface area contributed by atoms with Crippen LogP contribution < -0.4 is 4.74 Å². The molecule has 3 aromatic rings. The number of aromatic nitrogens is 2. The fourth-order valence-corrected chi connectivity index (χ4v) is 3.07. The van der Waals surface area contributed by atoms with Gasteiger partial charge in [-0.05, 0) is 30.5 Å². The Morgan fingerprint density at radius 1 is 1.30 bits per heavy atom. The van der Waals surface area contributed by atoms with E-state index in [1.807, 2.05) is 48.2 Å². The predicted molar refractivity (Wildman–Crippen MR) is 79.2 cm³/mol. The number of thiazole rings is 1. The van der Waals surface area contributed by atoms with Crippen LogP contribution in [-0.2, 0) is 13.2 Å². The van der Waals surface area contributed by atoms with Crippen LogP contribution in [0.1, 0.15) is 22.4 Å². The average molecular weight is 288 g/mol. The smallest absolute Gasteiger partial charge is 0.193 e. The van der Waals surface area contributed by atoms with E-state index in [1.54, 1.807) is 11.3 Å². The number of hydrogen-bond acceptors (Lipinski definition) is 4. The minimum Gasteiger partial charge on any atom is -0.487 e. The predicted octanol–water partition coefficient (Wildman–Crippen LogP) is 3.08. The van der Waals surface area contributed by atoms with Crippen LogP contribution in [0.25, 0.3) is 4.96 Å². The van der Waals surface area contributed by atoms with Gasteiger partial charge in [-0.1, -0.05) is 12.1 Å². The Kier molecular flexibility index (Phi) is 3.46.